The van der Waals surface area contributed by atoms with E-state index in [1.54, 1.807) is 13.2 Å². The highest BCUT2D eigenvalue weighted by molar-refractivity contribution is 7.98. The Labute approximate surface area is 231 Å². The minimum absolute atomic E-state index is 0.0313. The van der Waals surface area contributed by atoms with Crippen molar-refractivity contribution in [1.29, 1.82) is 0 Å². The van der Waals surface area contributed by atoms with E-state index in [9.17, 15) is 4.79 Å². The number of para-hydroxylation sites is 1. The molecule has 0 aliphatic carbocycles. The molecule has 198 valence electrons. The Morgan fingerprint density at radius 1 is 1.10 bits per heavy atom. The Bertz CT molecular complexity index is 1540. The molecule has 1 saturated heterocycles. The molecule has 0 radical (unpaired) electrons. The van der Waals surface area contributed by atoms with Gasteiger partial charge in [0.2, 0.25) is 0 Å². The lowest BCUT2D eigenvalue weighted by atomic mass is 10.1. The first kappa shape index (κ1) is 26.4. The lowest BCUT2D eigenvalue weighted by Crippen LogP contribution is -2.36. The van der Waals surface area contributed by atoms with Gasteiger partial charge in [-0.3, -0.25) is 4.79 Å². The summed E-state index contributed by atoms with van der Waals surface area (Å²) in [6.07, 6.45) is 0. The molecule has 39 heavy (non-hydrogen) atoms. The summed E-state index contributed by atoms with van der Waals surface area (Å²) < 4.78 is 10.8. The van der Waals surface area contributed by atoms with Gasteiger partial charge in [-0.25, -0.2) is 9.83 Å². The van der Waals surface area contributed by atoms with Gasteiger partial charge in [-0.05, 0) is 47.0 Å². The summed E-state index contributed by atoms with van der Waals surface area (Å²) >= 11 is 1.42. The molecule has 0 amide bonds. The third-order valence-electron chi connectivity index (χ3n) is 6.46. The second kappa shape index (κ2) is 12.5. The maximum Gasteiger partial charge on any atom is 0.276 e. The third kappa shape index (κ3) is 6.42. The van der Waals surface area contributed by atoms with Crippen LogP contribution in [0.3, 0.4) is 0 Å². The van der Waals surface area contributed by atoms with Crippen LogP contribution in [0.25, 0.3) is 16.1 Å². The first-order chi connectivity index (χ1) is 19.1. The highest BCUT2D eigenvalue weighted by Gasteiger charge is 2.16. The zero-order valence-corrected chi connectivity index (χ0v) is 22.5. The van der Waals surface area contributed by atoms with Crippen LogP contribution in [0.5, 0.6) is 5.75 Å². The molecular formula is C30H29N5O3S. The number of nitrogens with one attached hydrogen (secondary N) is 2. The van der Waals surface area contributed by atoms with Crippen LogP contribution < -0.4 is 20.5 Å². The van der Waals surface area contributed by atoms with Crippen LogP contribution in [0, 0.1) is 6.57 Å². The largest absolute Gasteiger partial charge is 0.497 e. The quantitative estimate of drug-likeness (QED) is 0.159. The van der Waals surface area contributed by atoms with Gasteiger partial charge in [0, 0.05) is 36.8 Å². The van der Waals surface area contributed by atoms with Gasteiger partial charge < -0.3 is 24.7 Å². The second-order valence-corrected chi connectivity index (χ2v) is 9.95. The normalized spacial score (nSPS) is 13.1. The minimum atomic E-state index is -0.449. The number of methoxy groups -OCH3 is 1. The number of ether oxygens (including phenoxy) is 2. The average molecular weight is 540 g/mol. The van der Waals surface area contributed by atoms with E-state index in [1.165, 1.54) is 23.0 Å². The van der Waals surface area contributed by atoms with Gasteiger partial charge in [0.1, 0.15) is 5.75 Å². The predicted molar refractivity (Wildman–Crippen MR) is 156 cm³/mol. The molecule has 1 aromatic heterocycles. The van der Waals surface area contributed by atoms with Crippen LogP contribution in [0.15, 0.2) is 82.7 Å². The predicted octanol–water partition coefficient (Wildman–Crippen LogP) is 5.74. The molecular weight excluding hydrogens is 510 g/mol. The van der Waals surface area contributed by atoms with E-state index in [0.717, 1.165) is 37.6 Å². The number of thioether (sulfide) groups is 1. The summed E-state index contributed by atoms with van der Waals surface area (Å²) in [5.41, 5.74) is 5.13. The number of morpholine rings is 1. The summed E-state index contributed by atoms with van der Waals surface area (Å²) in [4.78, 5) is 25.9. The van der Waals surface area contributed by atoms with Crippen molar-refractivity contribution in [2.75, 3.05) is 43.6 Å². The maximum absolute atomic E-state index is 12.7. The Balaban J connectivity index is 1.29. The Hall–Kier alpha value is -4.26. The zero-order valence-electron chi connectivity index (χ0n) is 21.6. The van der Waals surface area contributed by atoms with Crippen molar-refractivity contribution >= 4 is 28.8 Å². The first-order valence-electron chi connectivity index (χ1n) is 12.7. The Morgan fingerprint density at radius 2 is 1.92 bits per heavy atom. The third-order valence-corrected chi connectivity index (χ3v) is 7.40. The van der Waals surface area contributed by atoms with Crippen LogP contribution >= 0.6 is 11.8 Å². The summed E-state index contributed by atoms with van der Waals surface area (Å²) in [6, 6.07) is 23.9. The monoisotopic (exact) mass is 539 g/mol. The molecule has 0 unspecified atom stereocenters. The molecule has 1 fully saturated rings. The summed E-state index contributed by atoms with van der Waals surface area (Å²) in [5, 5.41) is 4.02. The van der Waals surface area contributed by atoms with Crippen molar-refractivity contribution in [3.63, 3.8) is 0 Å². The van der Waals surface area contributed by atoms with E-state index in [2.05, 4.69) is 67.5 Å². The smallest absolute Gasteiger partial charge is 0.276 e. The number of benzene rings is 3. The van der Waals surface area contributed by atoms with Crippen LogP contribution in [0.4, 0.5) is 17.1 Å². The van der Waals surface area contributed by atoms with E-state index < -0.39 is 5.56 Å². The Morgan fingerprint density at radius 3 is 2.74 bits per heavy atom. The van der Waals surface area contributed by atoms with Gasteiger partial charge in [-0.1, -0.05) is 54.2 Å². The number of H-pyrrole nitrogens is 1. The summed E-state index contributed by atoms with van der Waals surface area (Å²) in [5.74, 6) is 1.24. The average Bonchev–Trinajstić information content (AvgIpc) is 2.99. The molecule has 0 bridgehead atoms. The molecule has 0 saturated carbocycles. The van der Waals surface area contributed by atoms with Gasteiger partial charge in [-0.15, -0.1) is 0 Å². The molecule has 2 N–H and O–H groups in total. The van der Waals surface area contributed by atoms with Gasteiger partial charge in [0.25, 0.3) is 11.2 Å². The maximum atomic E-state index is 12.7. The second-order valence-electron chi connectivity index (χ2n) is 8.98. The van der Waals surface area contributed by atoms with Crippen LogP contribution in [-0.2, 0) is 17.0 Å². The first-order valence-corrected chi connectivity index (χ1v) is 13.7. The topological polar surface area (TPSA) is 83.8 Å². The number of rotatable bonds is 9. The van der Waals surface area contributed by atoms with Gasteiger partial charge in [-0.2, -0.15) is 0 Å². The van der Waals surface area contributed by atoms with Crippen molar-refractivity contribution in [3.8, 4) is 17.0 Å². The van der Waals surface area contributed by atoms with Crippen molar-refractivity contribution < 1.29 is 9.47 Å². The highest BCUT2D eigenvalue weighted by atomic mass is 32.2. The molecule has 5 rings (SSSR count). The molecule has 2 heterocycles. The van der Waals surface area contributed by atoms with Crippen LogP contribution in [0.2, 0.25) is 0 Å². The minimum Gasteiger partial charge on any atom is -0.497 e. The zero-order chi connectivity index (χ0) is 27.0. The van der Waals surface area contributed by atoms with Crippen molar-refractivity contribution in [2.45, 2.75) is 17.5 Å². The number of hydrogen-bond acceptors (Lipinski definition) is 7. The van der Waals surface area contributed by atoms with Crippen molar-refractivity contribution in [2.24, 2.45) is 0 Å². The fourth-order valence-electron chi connectivity index (χ4n) is 4.48. The van der Waals surface area contributed by atoms with Gasteiger partial charge >= 0.3 is 0 Å². The molecule has 4 aromatic rings. The van der Waals surface area contributed by atoms with Gasteiger partial charge in [0.15, 0.2) is 5.16 Å². The van der Waals surface area contributed by atoms with Crippen molar-refractivity contribution in [1.82, 2.24) is 9.97 Å². The molecule has 0 atom stereocenters. The number of hydrogen-bond donors (Lipinski definition) is 2. The van der Waals surface area contributed by atoms with Crippen LogP contribution in [-0.4, -0.2) is 43.4 Å². The van der Waals surface area contributed by atoms with E-state index in [4.69, 9.17) is 16.0 Å². The molecule has 8 nitrogen and oxygen atoms in total. The van der Waals surface area contributed by atoms with E-state index >= 15 is 0 Å². The lowest BCUT2D eigenvalue weighted by molar-refractivity contribution is 0.122. The number of anilines is 2. The number of nitrogens with zero attached hydrogens (tertiary/aromatic N) is 3. The number of aromatic amines is 1. The summed E-state index contributed by atoms with van der Waals surface area (Å²) in [7, 11) is 1.58. The summed E-state index contributed by atoms with van der Waals surface area (Å²) in [6.45, 7) is 11.5. The Kier molecular flexibility index (Phi) is 8.46. The molecule has 3 aromatic carbocycles. The molecule has 1 aliphatic heterocycles. The molecule has 1 aliphatic rings. The SMILES string of the molecule is [C-]#[N+]c1c(-c2cccc(OC)c2)nc(SCc2cccc(NCc3ccccc3N3CCOCC3)c2)[nH]c1=O. The fourth-order valence-corrected chi connectivity index (χ4v) is 5.29. The standard InChI is InChI=1S/C30H29N5O3S/c1-31-28-27(22-9-6-11-25(18-22)37-2)33-30(34-29(28)36)39-20-21-7-5-10-24(17-21)32-19-23-8-3-4-12-26(23)35-13-15-38-16-14-35/h3-12,17-18,32H,13-16,19-20H2,2H3,(H,33,34,36). The molecule has 9 heteroatoms. The highest BCUT2D eigenvalue weighted by Crippen LogP contribution is 2.30. The van der Waals surface area contributed by atoms with E-state index in [1.807, 2.05) is 24.3 Å². The van der Waals surface area contributed by atoms with Crippen molar-refractivity contribution in [3.05, 3.63) is 106 Å². The van der Waals surface area contributed by atoms with Crippen LogP contribution in [0.1, 0.15) is 11.1 Å². The van der Waals surface area contributed by atoms with E-state index in [-0.39, 0.29) is 5.69 Å². The number of aromatic nitrogens is 2. The molecule has 0 spiro atoms. The fraction of sp³-hybridized carbons (Fsp3) is 0.233. The lowest BCUT2D eigenvalue weighted by Gasteiger charge is -2.30. The van der Waals surface area contributed by atoms with E-state index in [0.29, 0.717) is 34.5 Å². The van der Waals surface area contributed by atoms with Gasteiger partial charge in [0.05, 0.1) is 32.6 Å².